The fourth-order valence-electron chi connectivity index (χ4n) is 7.35. The molecule has 10 rings (SSSR count). The van der Waals surface area contributed by atoms with Crippen molar-refractivity contribution >= 4 is 75.4 Å². The van der Waals surface area contributed by atoms with E-state index in [-0.39, 0.29) is 0 Å². The van der Waals surface area contributed by atoms with Crippen LogP contribution in [0.15, 0.2) is 146 Å². The summed E-state index contributed by atoms with van der Waals surface area (Å²) in [6.07, 6.45) is 0. The van der Waals surface area contributed by atoms with E-state index >= 15 is 0 Å². The van der Waals surface area contributed by atoms with Crippen molar-refractivity contribution in [3.63, 3.8) is 0 Å². The third-order valence-electron chi connectivity index (χ3n) is 9.82. The number of thiazole rings is 2. The maximum atomic E-state index is 4.96. The van der Waals surface area contributed by atoms with Crippen LogP contribution in [0.5, 0.6) is 0 Å². The second-order valence-electron chi connectivity index (χ2n) is 13.2. The summed E-state index contributed by atoms with van der Waals surface area (Å²) in [5.41, 5.74) is 11.9. The van der Waals surface area contributed by atoms with Crippen LogP contribution in [0.4, 0.5) is 0 Å². The van der Waals surface area contributed by atoms with Gasteiger partial charge in [-0.25, -0.2) is 9.97 Å². The smallest absolute Gasteiger partial charge is 0.124 e. The lowest BCUT2D eigenvalue weighted by molar-refractivity contribution is 1.45. The first-order chi connectivity index (χ1) is 24.6. The van der Waals surface area contributed by atoms with E-state index < -0.39 is 0 Å². The van der Waals surface area contributed by atoms with Crippen LogP contribution < -0.4 is 0 Å². The molecule has 0 radical (unpaired) electrons. The largest absolute Gasteiger partial charge is 0.236 e. The number of benzene rings is 8. The number of nitrogens with zero attached hydrogens (tertiary/aromatic N) is 2. The van der Waals surface area contributed by atoms with Crippen molar-refractivity contribution < 1.29 is 0 Å². The maximum absolute atomic E-state index is 4.96. The Balaban J connectivity index is 1.16. The third kappa shape index (κ3) is 4.83. The Bertz CT molecular complexity index is 2730. The minimum atomic E-state index is 1.05. The first kappa shape index (κ1) is 29.3. The molecule has 0 aliphatic carbocycles. The Hall–Kier alpha value is -5.68. The highest BCUT2D eigenvalue weighted by Gasteiger charge is 2.18. The third-order valence-corrected chi connectivity index (χ3v) is 12.0. The number of fused-ring (bicyclic) bond motifs is 5. The van der Waals surface area contributed by atoms with Crippen molar-refractivity contribution in [3.05, 3.63) is 157 Å². The van der Waals surface area contributed by atoms with Gasteiger partial charge in [0, 0.05) is 11.1 Å². The molecule has 0 unspecified atom stereocenters. The topological polar surface area (TPSA) is 25.8 Å². The predicted octanol–water partition coefficient (Wildman–Crippen LogP) is 13.7. The average Bonchev–Trinajstić information content (AvgIpc) is 3.77. The van der Waals surface area contributed by atoms with Gasteiger partial charge in [-0.3, -0.25) is 0 Å². The number of aromatic nitrogens is 2. The summed E-state index contributed by atoms with van der Waals surface area (Å²) in [7, 11) is 0. The molecule has 10 aromatic rings. The molecule has 0 bridgehead atoms. The standard InChI is InChI=1S/C46H30N2S2/c1-27-11-21-39-41(23-27)49-45(47-39)31-17-13-29(14-18-31)43-35-9-5-6-10-36(35)44(38-26-34-8-4-3-7-33(34)25-37(38)43)30-15-19-32(20-16-30)46-48-40-22-12-28(2)24-42(40)50-46/h3-26H,1-2H3. The van der Waals surface area contributed by atoms with Crippen molar-refractivity contribution in [1.29, 1.82) is 0 Å². The van der Waals surface area contributed by atoms with Crippen LogP contribution in [-0.2, 0) is 0 Å². The first-order valence-corrected chi connectivity index (χ1v) is 18.5. The van der Waals surface area contributed by atoms with E-state index in [0.29, 0.717) is 0 Å². The molecule has 2 heterocycles. The van der Waals surface area contributed by atoms with E-state index in [1.54, 1.807) is 22.7 Å². The molecular weight excluding hydrogens is 645 g/mol. The molecule has 2 nitrogen and oxygen atoms in total. The lowest BCUT2D eigenvalue weighted by Crippen LogP contribution is -1.92. The lowest BCUT2D eigenvalue weighted by atomic mass is 9.84. The molecule has 0 amide bonds. The second kappa shape index (κ2) is 11.4. The van der Waals surface area contributed by atoms with E-state index in [1.165, 1.54) is 75.1 Å². The van der Waals surface area contributed by atoms with E-state index in [2.05, 4.69) is 159 Å². The zero-order valence-electron chi connectivity index (χ0n) is 27.6. The Morgan fingerprint density at radius 2 is 0.780 bits per heavy atom. The highest BCUT2D eigenvalue weighted by Crippen LogP contribution is 2.46. The molecule has 0 atom stereocenters. The lowest BCUT2D eigenvalue weighted by Gasteiger charge is -2.19. The fraction of sp³-hybridized carbons (Fsp3) is 0.0435. The number of hydrogen-bond acceptors (Lipinski definition) is 4. The van der Waals surface area contributed by atoms with Crippen LogP contribution >= 0.6 is 22.7 Å². The zero-order valence-corrected chi connectivity index (χ0v) is 29.2. The van der Waals surface area contributed by atoms with Gasteiger partial charge in [-0.05, 0) is 116 Å². The molecule has 4 heteroatoms. The summed E-state index contributed by atoms with van der Waals surface area (Å²) in [6, 6.07) is 53.4. The molecule has 0 aliphatic heterocycles. The van der Waals surface area contributed by atoms with Crippen molar-refractivity contribution in [1.82, 2.24) is 9.97 Å². The Labute approximate surface area is 298 Å². The number of hydrogen-bond donors (Lipinski definition) is 0. The molecule has 0 aliphatic rings. The van der Waals surface area contributed by atoms with Gasteiger partial charge < -0.3 is 0 Å². The SMILES string of the molecule is Cc1ccc2nc(-c3ccc(-c4c5ccccc5c(-c5ccc(-c6nc7ccc(C)cc7s6)cc5)c5cc6ccccc6cc45)cc3)sc2c1. The van der Waals surface area contributed by atoms with Gasteiger partial charge in [-0.1, -0.05) is 109 Å². The van der Waals surface area contributed by atoms with Crippen LogP contribution in [0, 0.1) is 13.8 Å². The van der Waals surface area contributed by atoms with E-state index in [4.69, 9.17) is 9.97 Å². The van der Waals surface area contributed by atoms with Crippen LogP contribution in [0.3, 0.4) is 0 Å². The first-order valence-electron chi connectivity index (χ1n) is 16.9. The van der Waals surface area contributed by atoms with Gasteiger partial charge in [-0.15, -0.1) is 22.7 Å². The monoisotopic (exact) mass is 674 g/mol. The number of aryl methyl sites for hydroxylation is 2. The maximum Gasteiger partial charge on any atom is 0.124 e. The Kier molecular flexibility index (Phi) is 6.70. The van der Waals surface area contributed by atoms with Crippen LogP contribution in [-0.4, -0.2) is 9.97 Å². The van der Waals surface area contributed by atoms with Gasteiger partial charge in [0.2, 0.25) is 0 Å². The van der Waals surface area contributed by atoms with Gasteiger partial charge in [0.1, 0.15) is 10.0 Å². The summed E-state index contributed by atoms with van der Waals surface area (Å²) in [5, 5.41) is 9.60. The van der Waals surface area contributed by atoms with Crippen molar-refractivity contribution in [2.45, 2.75) is 13.8 Å². The summed E-state index contributed by atoms with van der Waals surface area (Å²) in [6.45, 7) is 4.27. The Morgan fingerprint density at radius 3 is 1.22 bits per heavy atom. The molecule has 8 aromatic carbocycles. The summed E-state index contributed by atoms with van der Waals surface area (Å²) >= 11 is 3.52. The minimum absolute atomic E-state index is 1.05. The van der Waals surface area contributed by atoms with Crippen molar-refractivity contribution in [2.24, 2.45) is 0 Å². The van der Waals surface area contributed by atoms with Crippen LogP contribution in [0.2, 0.25) is 0 Å². The van der Waals surface area contributed by atoms with Gasteiger partial charge in [0.15, 0.2) is 0 Å². The van der Waals surface area contributed by atoms with Gasteiger partial charge >= 0.3 is 0 Å². The summed E-state index contributed by atoms with van der Waals surface area (Å²) in [5.74, 6) is 0. The van der Waals surface area contributed by atoms with Gasteiger partial charge in [0.25, 0.3) is 0 Å². The molecule has 2 aromatic heterocycles. The van der Waals surface area contributed by atoms with E-state index in [1.807, 2.05) is 0 Å². The molecule has 0 saturated heterocycles. The van der Waals surface area contributed by atoms with Crippen LogP contribution in [0.25, 0.3) is 96.1 Å². The summed E-state index contributed by atoms with van der Waals surface area (Å²) in [4.78, 5) is 9.92. The highest BCUT2D eigenvalue weighted by molar-refractivity contribution is 7.22. The fourth-order valence-corrected chi connectivity index (χ4v) is 9.49. The zero-order chi connectivity index (χ0) is 33.3. The van der Waals surface area contributed by atoms with Crippen LogP contribution in [0.1, 0.15) is 11.1 Å². The molecule has 236 valence electrons. The second-order valence-corrected chi connectivity index (χ2v) is 15.2. The predicted molar refractivity (Wildman–Crippen MR) is 217 cm³/mol. The molecule has 0 saturated carbocycles. The molecular formula is C46H30N2S2. The van der Waals surface area contributed by atoms with E-state index in [9.17, 15) is 0 Å². The molecule has 0 N–H and O–H groups in total. The average molecular weight is 675 g/mol. The van der Waals surface area contributed by atoms with Crippen molar-refractivity contribution in [2.75, 3.05) is 0 Å². The van der Waals surface area contributed by atoms with Gasteiger partial charge in [0.05, 0.1) is 20.4 Å². The molecule has 50 heavy (non-hydrogen) atoms. The quantitative estimate of drug-likeness (QED) is 0.174. The summed E-state index contributed by atoms with van der Waals surface area (Å²) < 4.78 is 2.46. The molecule has 0 spiro atoms. The Morgan fingerprint density at radius 1 is 0.380 bits per heavy atom. The molecule has 0 fully saturated rings. The minimum Gasteiger partial charge on any atom is -0.236 e. The highest BCUT2D eigenvalue weighted by atomic mass is 32.1. The van der Waals surface area contributed by atoms with E-state index in [0.717, 1.165) is 32.2 Å². The normalized spacial score (nSPS) is 11.8. The van der Waals surface area contributed by atoms with Crippen molar-refractivity contribution in [3.8, 4) is 43.4 Å². The van der Waals surface area contributed by atoms with Gasteiger partial charge in [-0.2, -0.15) is 0 Å². The number of rotatable bonds is 4.